The molecule has 8 nitrogen and oxygen atoms in total. The Hall–Kier alpha value is -2.35. The van der Waals surface area contributed by atoms with E-state index in [-0.39, 0.29) is 18.0 Å². The largest absolute Gasteiger partial charge is 0.379 e. The molecular formula is C17H25N5O3. The van der Waals surface area contributed by atoms with Crippen molar-refractivity contribution in [1.82, 2.24) is 20.3 Å². The molecule has 2 aromatic rings. The normalized spacial score (nSPS) is 20.0. The number of hydrogen-bond donors (Lipinski definition) is 2. The molecule has 8 heteroatoms. The highest BCUT2D eigenvalue weighted by molar-refractivity contribution is 5.90. The zero-order valence-corrected chi connectivity index (χ0v) is 15.1. The predicted molar refractivity (Wildman–Crippen MR) is 92.6 cm³/mol. The van der Waals surface area contributed by atoms with Crippen LogP contribution in [-0.4, -0.2) is 40.2 Å². The summed E-state index contributed by atoms with van der Waals surface area (Å²) in [6.45, 7) is 9.62. The predicted octanol–water partition coefficient (Wildman–Crippen LogP) is 2.20. The molecule has 2 amide bonds. The second-order valence-electron chi connectivity index (χ2n) is 6.50. The number of ether oxygens (including phenoxy) is 1. The molecular weight excluding hydrogens is 322 g/mol. The molecule has 0 aromatic carbocycles. The Morgan fingerprint density at radius 2 is 2.16 bits per heavy atom. The average molecular weight is 347 g/mol. The zero-order valence-electron chi connectivity index (χ0n) is 15.1. The monoisotopic (exact) mass is 347 g/mol. The summed E-state index contributed by atoms with van der Waals surface area (Å²) in [6.07, 6.45) is 0.692. The fourth-order valence-corrected chi connectivity index (χ4v) is 3.23. The van der Waals surface area contributed by atoms with E-state index in [2.05, 4.69) is 20.9 Å². The van der Waals surface area contributed by atoms with E-state index in [1.807, 2.05) is 38.4 Å². The van der Waals surface area contributed by atoms with Crippen LogP contribution in [0, 0.1) is 26.7 Å². The van der Waals surface area contributed by atoms with Crippen LogP contribution in [0.4, 0.5) is 10.5 Å². The summed E-state index contributed by atoms with van der Waals surface area (Å²) in [5.74, 6) is 0.981. The lowest BCUT2D eigenvalue weighted by Gasteiger charge is -2.18. The molecule has 1 fully saturated rings. The Balaban J connectivity index is 1.61. The van der Waals surface area contributed by atoms with Gasteiger partial charge in [0.25, 0.3) is 0 Å². The average Bonchev–Trinajstić information content (AvgIpc) is 3.24. The third-order valence-corrected chi connectivity index (χ3v) is 4.57. The van der Waals surface area contributed by atoms with Crippen molar-refractivity contribution in [2.45, 2.75) is 46.7 Å². The summed E-state index contributed by atoms with van der Waals surface area (Å²) in [5, 5.41) is 14.3. The highest BCUT2D eigenvalue weighted by Crippen LogP contribution is 2.21. The molecule has 1 saturated heterocycles. The first-order valence-corrected chi connectivity index (χ1v) is 8.59. The second-order valence-corrected chi connectivity index (χ2v) is 6.50. The van der Waals surface area contributed by atoms with E-state index in [9.17, 15) is 4.79 Å². The minimum atomic E-state index is -0.240. The van der Waals surface area contributed by atoms with Crippen LogP contribution >= 0.6 is 0 Å². The molecule has 3 rings (SSSR count). The lowest BCUT2D eigenvalue weighted by Crippen LogP contribution is -2.43. The summed E-state index contributed by atoms with van der Waals surface area (Å²) < 4.78 is 12.7. The molecule has 0 radical (unpaired) electrons. The first kappa shape index (κ1) is 17.5. The van der Waals surface area contributed by atoms with Gasteiger partial charge in [-0.3, -0.25) is 4.68 Å². The van der Waals surface area contributed by atoms with E-state index < -0.39 is 0 Å². The highest BCUT2D eigenvalue weighted by atomic mass is 16.5. The number of aromatic nitrogens is 3. The first-order chi connectivity index (χ1) is 12.0. The van der Waals surface area contributed by atoms with Crippen molar-refractivity contribution in [3.8, 4) is 0 Å². The van der Waals surface area contributed by atoms with Gasteiger partial charge in [-0.1, -0.05) is 5.16 Å². The molecule has 1 aliphatic rings. The van der Waals surface area contributed by atoms with Crippen molar-refractivity contribution in [2.75, 3.05) is 18.5 Å². The number of hydrogen-bond acceptors (Lipinski definition) is 5. The standard InChI is InChI=1S/C17H25N5O3/c1-5-22-12(4)16(11(3)20-22)19-17(23)18-15-9-24-8-13(15)7-14-6-10(2)21-25-14/h6,13,15H,5,7-9H2,1-4H3,(H2,18,19,23)/t13-,15+/m1/s1. The zero-order chi connectivity index (χ0) is 18.0. The Kier molecular flexibility index (Phi) is 5.08. The quantitative estimate of drug-likeness (QED) is 0.865. The van der Waals surface area contributed by atoms with Crippen molar-refractivity contribution in [3.05, 3.63) is 28.9 Å². The van der Waals surface area contributed by atoms with E-state index in [0.717, 1.165) is 35.1 Å². The van der Waals surface area contributed by atoms with Gasteiger partial charge >= 0.3 is 6.03 Å². The van der Waals surface area contributed by atoms with Gasteiger partial charge in [-0.2, -0.15) is 5.10 Å². The third-order valence-electron chi connectivity index (χ3n) is 4.57. The van der Waals surface area contributed by atoms with E-state index in [0.29, 0.717) is 19.6 Å². The van der Waals surface area contributed by atoms with Crippen LogP contribution in [0.15, 0.2) is 10.6 Å². The van der Waals surface area contributed by atoms with Crippen LogP contribution in [0.5, 0.6) is 0 Å². The van der Waals surface area contributed by atoms with Crippen molar-refractivity contribution in [3.63, 3.8) is 0 Å². The summed E-state index contributed by atoms with van der Waals surface area (Å²) in [5.41, 5.74) is 3.38. The Morgan fingerprint density at radius 1 is 1.36 bits per heavy atom. The van der Waals surface area contributed by atoms with E-state index >= 15 is 0 Å². The molecule has 0 aliphatic carbocycles. The van der Waals surface area contributed by atoms with Crippen LogP contribution in [0.1, 0.15) is 29.8 Å². The number of nitrogens with zero attached hydrogens (tertiary/aromatic N) is 3. The third kappa shape index (κ3) is 3.84. The van der Waals surface area contributed by atoms with Gasteiger partial charge < -0.3 is 19.9 Å². The van der Waals surface area contributed by atoms with Crippen molar-refractivity contribution >= 4 is 11.7 Å². The Labute approximate surface area is 146 Å². The second kappa shape index (κ2) is 7.26. The van der Waals surface area contributed by atoms with Gasteiger partial charge in [-0.25, -0.2) is 4.79 Å². The van der Waals surface area contributed by atoms with Gasteiger partial charge in [-0.05, 0) is 27.7 Å². The number of carbonyl (C=O) groups is 1. The molecule has 0 spiro atoms. The maximum absolute atomic E-state index is 12.4. The molecule has 0 bridgehead atoms. The number of carbonyl (C=O) groups excluding carboxylic acids is 1. The van der Waals surface area contributed by atoms with Crippen LogP contribution in [-0.2, 0) is 17.7 Å². The van der Waals surface area contributed by atoms with Gasteiger partial charge in [-0.15, -0.1) is 0 Å². The lowest BCUT2D eigenvalue weighted by atomic mass is 9.98. The molecule has 0 unspecified atom stereocenters. The fraction of sp³-hybridized carbons (Fsp3) is 0.588. The molecule has 2 aromatic heterocycles. The SMILES string of the molecule is CCn1nc(C)c(NC(=O)N[C@H]2COC[C@H]2Cc2cc(C)no2)c1C. The number of nitrogens with one attached hydrogen (secondary N) is 2. The summed E-state index contributed by atoms with van der Waals surface area (Å²) in [7, 11) is 0. The smallest absolute Gasteiger partial charge is 0.319 e. The minimum absolute atomic E-state index is 0.0627. The summed E-state index contributed by atoms with van der Waals surface area (Å²) in [4.78, 5) is 12.4. The van der Waals surface area contributed by atoms with E-state index in [4.69, 9.17) is 9.26 Å². The Morgan fingerprint density at radius 3 is 2.80 bits per heavy atom. The number of anilines is 1. The molecule has 2 N–H and O–H groups in total. The maximum atomic E-state index is 12.4. The van der Waals surface area contributed by atoms with E-state index in [1.165, 1.54) is 0 Å². The Bertz CT molecular complexity index is 752. The van der Waals surface area contributed by atoms with Gasteiger partial charge in [0.1, 0.15) is 5.76 Å². The van der Waals surface area contributed by atoms with Crippen LogP contribution in [0.3, 0.4) is 0 Å². The molecule has 1 aliphatic heterocycles. The first-order valence-electron chi connectivity index (χ1n) is 8.59. The number of amides is 2. The number of urea groups is 1. The van der Waals surface area contributed by atoms with Gasteiger partial charge in [0.05, 0.1) is 42.0 Å². The van der Waals surface area contributed by atoms with Gasteiger partial charge in [0.15, 0.2) is 0 Å². The van der Waals surface area contributed by atoms with Gasteiger partial charge in [0, 0.05) is 24.9 Å². The van der Waals surface area contributed by atoms with Crippen LogP contribution in [0.25, 0.3) is 0 Å². The van der Waals surface area contributed by atoms with Crippen molar-refractivity contribution in [2.24, 2.45) is 5.92 Å². The number of aryl methyl sites for hydroxylation is 3. The summed E-state index contributed by atoms with van der Waals surface area (Å²) >= 11 is 0. The maximum Gasteiger partial charge on any atom is 0.319 e. The highest BCUT2D eigenvalue weighted by Gasteiger charge is 2.31. The molecule has 2 atom stereocenters. The molecule has 25 heavy (non-hydrogen) atoms. The van der Waals surface area contributed by atoms with E-state index in [1.54, 1.807) is 0 Å². The summed E-state index contributed by atoms with van der Waals surface area (Å²) in [6, 6.07) is 1.62. The minimum Gasteiger partial charge on any atom is -0.379 e. The molecule has 136 valence electrons. The van der Waals surface area contributed by atoms with Crippen LogP contribution < -0.4 is 10.6 Å². The van der Waals surface area contributed by atoms with Crippen molar-refractivity contribution in [1.29, 1.82) is 0 Å². The number of rotatable bonds is 5. The van der Waals surface area contributed by atoms with Crippen LogP contribution in [0.2, 0.25) is 0 Å². The fourth-order valence-electron chi connectivity index (χ4n) is 3.23. The molecule has 3 heterocycles. The van der Waals surface area contributed by atoms with Gasteiger partial charge in [0.2, 0.25) is 0 Å². The topological polar surface area (TPSA) is 94.2 Å². The lowest BCUT2D eigenvalue weighted by molar-refractivity contribution is 0.181. The van der Waals surface area contributed by atoms with Crippen molar-refractivity contribution < 1.29 is 14.1 Å². The molecule has 0 saturated carbocycles.